The van der Waals surface area contributed by atoms with Crippen molar-refractivity contribution < 1.29 is 28.4 Å². The summed E-state index contributed by atoms with van der Waals surface area (Å²) >= 11 is 0. The average molecular weight is 419 g/mol. The maximum absolute atomic E-state index is 13.1. The average Bonchev–Trinajstić information content (AvgIpc) is 2.69. The van der Waals surface area contributed by atoms with Crippen molar-refractivity contribution >= 4 is 23.3 Å². The maximum Gasteiger partial charge on any atom is 0.320 e. The van der Waals surface area contributed by atoms with E-state index in [1.54, 1.807) is 24.0 Å². The molecule has 0 spiro atoms. The highest BCUT2D eigenvalue weighted by atomic mass is 19.1. The molecule has 0 heterocycles. The number of carbonyl (C=O) groups excluding carboxylic acids is 2. The molecule has 0 unspecified atom stereocenters. The second-order valence-corrected chi connectivity index (χ2v) is 6.27. The lowest BCUT2D eigenvalue weighted by Crippen LogP contribution is -2.37. The van der Waals surface area contributed by atoms with Crippen molar-refractivity contribution in [2.75, 3.05) is 32.1 Å². The number of amides is 1. The highest BCUT2D eigenvalue weighted by Gasteiger charge is 2.18. The van der Waals surface area contributed by atoms with Gasteiger partial charge in [-0.3, -0.25) is 24.6 Å². The van der Waals surface area contributed by atoms with Gasteiger partial charge in [0.25, 0.3) is 5.69 Å². The van der Waals surface area contributed by atoms with E-state index < -0.39 is 22.6 Å². The number of esters is 1. The van der Waals surface area contributed by atoms with E-state index in [-0.39, 0.29) is 43.4 Å². The van der Waals surface area contributed by atoms with Crippen LogP contribution in [0.4, 0.5) is 15.8 Å². The minimum Gasteiger partial charge on any atom is -0.494 e. The van der Waals surface area contributed by atoms with E-state index in [4.69, 9.17) is 9.47 Å². The van der Waals surface area contributed by atoms with Gasteiger partial charge in [-0.1, -0.05) is 12.1 Å². The number of ether oxygens (including phenoxy) is 2. The van der Waals surface area contributed by atoms with Crippen LogP contribution in [0.2, 0.25) is 0 Å². The van der Waals surface area contributed by atoms with E-state index in [2.05, 4.69) is 5.32 Å². The number of non-ortho nitro benzene ring substituents is 1. The first-order valence-corrected chi connectivity index (χ1v) is 9.07. The molecule has 30 heavy (non-hydrogen) atoms. The lowest BCUT2D eigenvalue weighted by molar-refractivity contribution is -0.384. The number of hydrogen-bond acceptors (Lipinski definition) is 7. The van der Waals surface area contributed by atoms with Gasteiger partial charge in [-0.2, -0.15) is 0 Å². The number of carbonyl (C=O) groups is 2. The molecule has 2 aromatic carbocycles. The summed E-state index contributed by atoms with van der Waals surface area (Å²) in [6.45, 7) is 1.78. The SMILES string of the molecule is CCOC(=O)CN(CC(=O)Nc1ccc([N+](=O)[O-])cc1OC)Cc1ccc(F)cc1. The number of methoxy groups -OCH3 is 1. The molecule has 0 atom stereocenters. The van der Waals surface area contributed by atoms with Gasteiger partial charge >= 0.3 is 5.97 Å². The van der Waals surface area contributed by atoms with Crippen LogP contribution >= 0.6 is 0 Å². The van der Waals surface area contributed by atoms with E-state index in [1.807, 2.05) is 0 Å². The smallest absolute Gasteiger partial charge is 0.320 e. The Morgan fingerprint density at radius 3 is 2.47 bits per heavy atom. The molecule has 0 aliphatic heterocycles. The number of anilines is 1. The van der Waals surface area contributed by atoms with Gasteiger partial charge in [0.2, 0.25) is 5.91 Å². The summed E-state index contributed by atoms with van der Waals surface area (Å²) in [7, 11) is 1.33. The Morgan fingerprint density at radius 1 is 1.17 bits per heavy atom. The maximum atomic E-state index is 13.1. The standard InChI is InChI=1S/C20H22FN3O6/c1-3-30-20(26)13-23(11-14-4-6-15(21)7-5-14)12-19(25)22-17-9-8-16(24(27)28)10-18(17)29-2/h4-10H,3,11-13H2,1-2H3,(H,22,25). The molecule has 0 bridgehead atoms. The minimum atomic E-state index is -0.572. The van der Waals surface area contributed by atoms with Gasteiger partial charge in [0.1, 0.15) is 11.6 Å². The van der Waals surface area contributed by atoms with Crippen LogP contribution in [-0.4, -0.2) is 48.5 Å². The molecule has 1 N–H and O–H groups in total. The molecule has 160 valence electrons. The van der Waals surface area contributed by atoms with Gasteiger partial charge in [-0.25, -0.2) is 4.39 Å². The van der Waals surface area contributed by atoms with E-state index in [0.717, 1.165) is 0 Å². The predicted molar refractivity (Wildman–Crippen MR) is 107 cm³/mol. The predicted octanol–water partition coefficient (Wildman–Crippen LogP) is 2.75. The highest BCUT2D eigenvalue weighted by molar-refractivity contribution is 5.94. The molecule has 2 rings (SSSR count). The fraction of sp³-hybridized carbons (Fsp3) is 0.300. The topological polar surface area (TPSA) is 111 Å². The zero-order valence-corrected chi connectivity index (χ0v) is 16.6. The van der Waals surface area contributed by atoms with Crippen molar-refractivity contribution in [1.29, 1.82) is 0 Å². The molecular formula is C20H22FN3O6. The molecule has 0 saturated carbocycles. The van der Waals surface area contributed by atoms with Gasteiger partial charge in [0.05, 0.1) is 43.5 Å². The van der Waals surface area contributed by atoms with Crippen LogP contribution in [-0.2, 0) is 20.9 Å². The Labute approximate surface area is 172 Å². The number of benzene rings is 2. The third kappa shape index (κ3) is 6.82. The second kappa shape index (κ2) is 10.9. The van der Waals surface area contributed by atoms with E-state index in [1.165, 1.54) is 37.4 Å². The van der Waals surface area contributed by atoms with Crippen LogP contribution in [0.25, 0.3) is 0 Å². The van der Waals surface area contributed by atoms with Crippen LogP contribution in [0, 0.1) is 15.9 Å². The number of nitro groups is 1. The van der Waals surface area contributed by atoms with Crippen molar-refractivity contribution in [2.24, 2.45) is 0 Å². The number of hydrogen-bond donors (Lipinski definition) is 1. The molecule has 1 amide bonds. The van der Waals surface area contributed by atoms with Crippen LogP contribution < -0.4 is 10.1 Å². The Kier molecular flexibility index (Phi) is 8.24. The van der Waals surface area contributed by atoms with Gasteiger partial charge in [0, 0.05) is 12.6 Å². The molecular weight excluding hydrogens is 397 g/mol. The second-order valence-electron chi connectivity index (χ2n) is 6.27. The van der Waals surface area contributed by atoms with Crippen molar-refractivity contribution in [3.8, 4) is 5.75 Å². The molecule has 0 aliphatic rings. The summed E-state index contributed by atoms with van der Waals surface area (Å²) in [6, 6.07) is 9.51. The molecule has 0 aromatic heterocycles. The van der Waals surface area contributed by atoms with Crippen molar-refractivity contribution in [2.45, 2.75) is 13.5 Å². The first kappa shape index (κ1) is 22.8. The first-order chi connectivity index (χ1) is 14.3. The Bertz CT molecular complexity index is 904. The van der Waals surface area contributed by atoms with E-state index in [9.17, 15) is 24.1 Å². The number of nitrogens with zero attached hydrogens (tertiary/aromatic N) is 2. The lowest BCUT2D eigenvalue weighted by atomic mass is 10.2. The Morgan fingerprint density at radius 2 is 1.87 bits per heavy atom. The van der Waals surface area contributed by atoms with Crippen LogP contribution in [0.5, 0.6) is 5.75 Å². The molecule has 0 aliphatic carbocycles. The number of rotatable bonds is 10. The summed E-state index contributed by atoms with van der Waals surface area (Å²) in [5.41, 5.74) is 0.789. The van der Waals surface area contributed by atoms with Gasteiger partial charge in [0.15, 0.2) is 0 Å². The molecule has 10 heteroatoms. The normalized spacial score (nSPS) is 10.5. The monoisotopic (exact) mass is 419 g/mol. The number of nitro benzene ring substituents is 1. The zero-order valence-electron chi connectivity index (χ0n) is 16.6. The summed E-state index contributed by atoms with van der Waals surface area (Å²) in [5.74, 6) is -1.22. The molecule has 0 saturated heterocycles. The largest absolute Gasteiger partial charge is 0.494 e. The van der Waals surface area contributed by atoms with Crippen LogP contribution in [0.15, 0.2) is 42.5 Å². The summed E-state index contributed by atoms with van der Waals surface area (Å²) in [5, 5.41) is 13.5. The van der Waals surface area contributed by atoms with E-state index in [0.29, 0.717) is 5.56 Å². The number of nitrogens with one attached hydrogen (secondary N) is 1. The minimum absolute atomic E-state index is 0.132. The summed E-state index contributed by atoms with van der Waals surface area (Å²) in [6.07, 6.45) is 0. The Hall–Kier alpha value is -3.53. The van der Waals surface area contributed by atoms with Gasteiger partial charge < -0.3 is 14.8 Å². The molecule has 0 radical (unpaired) electrons. The quantitative estimate of drug-likeness (QED) is 0.358. The third-order valence-electron chi connectivity index (χ3n) is 4.01. The summed E-state index contributed by atoms with van der Waals surface area (Å²) < 4.78 is 23.2. The lowest BCUT2D eigenvalue weighted by Gasteiger charge is -2.21. The first-order valence-electron chi connectivity index (χ1n) is 9.07. The highest BCUT2D eigenvalue weighted by Crippen LogP contribution is 2.29. The van der Waals surface area contributed by atoms with Gasteiger partial charge in [-0.15, -0.1) is 0 Å². The summed E-state index contributed by atoms with van der Waals surface area (Å²) in [4.78, 5) is 36.3. The van der Waals surface area contributed by atoms with Crippen molar-refractivity contribution in [3.05, 3.63) is 64.0 Å². The zero-order chi connectivity index (χ0) is 22.1. The van der Waals surface area contributed by atoms with Crippen molar-refractivity contribution in [3.63, 3.8) is 0 Å². The fourth-order valence-electron chi connectivity index (χ4n) is 2.69. The molecule has 0 fully saturated rings. The number of halogens is 1. The molecule has 2 aromatic rings. The van der Waals surface area contributed by atoms with Crippen LogP contribution in [0.3, 0.4) is 0 Å². The Balaban J connectivity index is 2.11. The fourth-order valence-corrected chi connectivity index (χ4v) is 2.69. The van der Waals surface area contributed by atoms with Gasteiger partial charge in [-0.05, 0) is 30.7 Å². The van der Waals surface area contributed by atoms with Crippen LogP contribution in [0.1, 0.15) is 12.5 Å². The van der Waals surface area contributed by atoms with E-state index >= 15 is 0 Å². The van der Waals surface area contributed by atoms with Crippen molar-refractivity contribution in [1.82, 2.24) is 4.90 Å². The third-order valence-corrected chi connectivity index (χ3v) is 4.01. The molecule has 9 nitrogen and oxygen atoms in total.